The average molecular weight is 170 g/mol. The topological polar surface area (TPSA) is 24.5 Å². The van der Waals surface area contributed by atoms with Crippen LogP contribution < -0.4 is 5.32 Å². The van der Waals surface area contributed by atoms with Gasteiger partial charge in [0.25, 0.3) is 0 Å². The zero-order valence-electron chi connectivity index (χ0n) is 7.81. The Morgan fingerprint density at radius 1 is 1.50 bits per heavy atom. The van der Waals surface area contributed by atoms with Crippen LogP contribution in [0.5, 0.6) is 0 Å². The van der Waals surface area contributed by atoms with Crippen molar-refractivity contribution in [2.24, 2.45) is 0 Å². The van der Waals surface area contributed by atoms with Gasteiger partial charge in [0.15, 0.2) is 0 Å². The summed E-state index contributed by atoms with van der Waals surface area (Å²) >= 11 is 0. The summed E-state index contributed by atoms with van der Waals surface area (Å²) in [5.41, 5.74) is 0.188. The lowest BCUT2D eigenvalue weighted by molar-refractivity contribution is -0.135. The number of hydrogen-bond acceptors (Lipinski definition) is 3. The zero-order valence-corrected chi connectivity index (χ0v) is 7.81. The number of ether oxygens (including phenoxy) is 1. The fourth-order valence-electron chi connectivity index (χ4n) is 2.05. The molecular weight excluding hydrogens is 152 g/mol. The van der Waals surface area contributed by atoms with Gasteiger partial charge in [-0.25, -0.2) is 0 Å². The van der Waals surface area contributed by atoms with Gasteiger partial charge in [0.1, 0.15) is 5.60 Å². The first kappa shape index (κ1) is 8.48. The van der Waals surface area contributed by atoms with Crippen LogP contribution in [0, 0.1) is 0 Å². The minimum Gasteiger partial charge on any atom is -0.370 e. The molecule has 0 aromatic heterocycles. The maximum atomic E-state index is 5.77. The van der Waals surface area contributed by atoms with E-state index in [1.165, 1.54) is 13.0 Å². The molecule has 2 aliphatic heterocycles. The van der Waals surface area contributed by atoms with Gasteiger partial charge in [-0.3, -0.25) is 4.90 Å². The lowest BCUT2D eigenvalue weighted by Gasteiger charge is -2.48. The molecule has 2 heterocycles. The number of nitrogens with zero attached hydrogens (tertiary/aromatic N) is 1. The smallest absolute Gasteiger partial charge is 0.106 e. The summed E-state index contributed by atoms with van der Waals surface area (Å²) in [4.78, 5) is 2.52. The molecule has 0 aromatic rings. The van der Waals surface area contributed by atoms with Crippen LogP contribution in [0.2, 0.25) is 0 Å². The molecule has 0 radical (unpaired) electrons. The first-order chi connectivity index (χ1) is 5.85. The van der Waals surface area contributed by atoms with Crippen molar-refractivity contribution in [3.8, 4) is 0 Å². The Morgan fingerprint density at radius 3 is 2.92 bits per heavy atom. The second-order valence-corrected chi connectivity index (χ2v) is 3.91. The van der Waals surface area contributed by atoms with Crippen LogP contribution in [-0.4, -0.2) is 49.8 Å². The third kappa shape index (κ3) is 1.49. The van der Waals surface area contributed by atoms with Gasteiger partial charge in [-0.2, -0.15) is 0 Å². The van der Waals surface area contributed by atoms with E-state index in [0.29, 0.717) is 0 Å². The normalized spacial score (nSPS) is 28.8. The van der Waals surface area contributed by atoms with Crippen LogP contribution in [0.15, 0.2) is 0 Å². The largest absolute Gasteiger partial charge is 0.370 e. The molecule has 2 saturated heterocycles. The van der Waals surface area contributed by atoms with Crippen LogP contribution in [0.4, 0.5) is 0 Å². The Balaban J connectivity index is 1.85. The minimum atomic E-state index is 0.188. The third-order valence-electron chi connectivity index (χ3n) is 2.76. The van der Waals surface area contributed by atoms with Gasteiger partial charge < -0.3 is 10.1 Å². The maximum absolute atomic E-state index is 5.77. The molecule has 3 heteroatoms. The van der Waals surface area contributed by atoms with Crippen LogP contribution >= 0.6 is 0 Å². The molecular formula is C9H18N2O. The van der Waals surface area contributed by atoms with Crippen LogP contribution in [0.1, 0.15) is 13.3 Å². The van der Waals surface area contributed by atoms with E-state index < -0.39 is 0 Å². The molecule has 12 heavy (non-hydrogen) atoms. The highest BCUT2D eigenvalue weighted by molar-refractivity contribution is 4.99. The lowest BCUT2D eigenvalue weighted by Crippen LogP contribution is -2.68. The van der Waals surface area contributed by atoms with Crippen molar-refractivity contribution in [2.75, 3.05) is 39.3 Å². The molecule has 0 aliphatic carbocycles. The van der Waals surface area contributed by atoms with Gasteiger partial charge >= 0.3 is 0 Å². The van der Waals surface area contributed by atoms with E-state index in [-0.39, 0.29) is 5.60 Å². The third-order valence-corrected chi connectivity index (χ3v) is 2.76. The summed E-state index contributed by atoms with van der Waals surface area (Å²) in [6.07, 6.45) is 1.25. The molecule has 1 N–H and O–H groups in total. The van der Waals surface area contributed by atoms with Gasteiger partial charge in [-0.15, -0.1) is 0 Å². The van der Waals surface area contributed by atoms with Crippen molar-refractivity contribution in [1.82, 2.24) is 10.2 Å². The average Bonchev–Trinajstić information content (AvgIpc) is 2.03. The van der Waals surface area contributed by atoms with Gasteiger partial charge in [0.05, 0.1) is 6.61 Å². The summed E-state index contributed by atoms with van der Waals surface area (Å²) in [6, 6.07) is 0. The molecule has 2 rings (SSSR count). The van der Waals surface area contributed by atoms with Crippen molar-refractivity contribution in [3.63, 3.8) is 0 Å². The number of nitrogens with one attached hydrogen (secondary N) is 1. The standard InChI is InChI=1S/C9H18N2O/c1-2-3-11-4-5-12-9(8-11)6-10-7-9/h10H,2-8H2,1H3. The van der Waals surface area contributed by atoms with E-state index in [9.17, 15) is 0 Å². The van der Waals surface area contributed by atoms with E-state index in [4.69, 9.17) is 4.74 Å². The second-order valence-electron chi connectivity index (χ2n) is 3.91. The fourth-order valence-corrected chi connectivity index (χ4v) is 2.05. The summed E-state index contributed by atoms with van der Waals surface area (Å²) in [7, 11) is 0. The van der Waals surface area contributed by atoms with Crippen LogP contribution in [-0.2, 0) is 4.74 Å². The van der Waals surface area contributed by atoms with E-state index in [2.05, 4.69) is 17.1 Å². The van der Waals surface area contributed by atoms with Crippen molar-refractivity contribution >= 4 is 0 Å². The van der Waals surface area contributed by atoms with Gasteiger partial charge in [-0.1, -0.05) is 6.92 Å². The Bertz CT molecular complexity index is 155. The molecule has 0 aromatic carbocycles. The summed E-state index contributed by atoms with van der Waals surface area (Å²) in [6.45, 7) is 8.73. The second kappa shape index (κ2) is 3.32. The molecule has 1 spiro atoms. The summed E-state index contributed by atoms with van der Waals surface area (Å²) in [5.74, 6) is 0. The van der Waals surface area contributed by atoms with E-state index >= 15 is 0 Å². The molecule has 2 aliphatic rings. The molecule has 0 saturated carbocycles. The number of rotatable bonds is 2. The Morgan fingerprint density at radius 2 is 2.33 bits per heavy atom. The van der Waals surface area contributed by atoms with Crippen molar-refractivity contribution < 1.29 is 4.74 Å². The van der Waals surface area contributed by atoms with Gasteiger partial charge in [0, 0.05) is 26.2 Å². The SMILES string of the molecule is CCCN1CCOC2(CNC2)C1. The first-order valence-corrected chi connectivity index (χ1v) is 4.92. The zero-order chi connectivity index (χ0) is 8.44. The Labute approximate surface area is 74.1 Å². The molecule has 0 unspecified atom stereocenters. The highest BCUT2D eigenvalue weighted by Crippen LogP contribution is 2.21. The van der Waals surface area contributed by atoms with Crippen molar-refractivity contribution in [2.45, 2.75) is 18.9 Å². The fraction of sp³-hybridized carbons (Fsp3) is 1.00. The molecule has 0 amide bonds. The predicted octanol–water partition coefficient (Wildman–Crippen LogP) is 0.0706. The van der Waals surface area contributed by atoms with E-state index in [1.807, 2.05) is 0 Å². The summed E-state index contributed by atoms with van der Waals surface area (Å²) in [5, 5.41) is 3.28. The quantitative estimate of drug-likeness (QED) is 0.635. The van der Waals surface area contributed by atoms with E-state index in [1.54, 1.807) is 0 Å². The highest BCUT2D eigenvalue weighted by atomic mass is 16.5. The van der Waals surface area contributed by atoms with Gasteiger partial charge in [-0.05, 0) is 13.0 Å². The number of hydrogen-bond donors (Lipinski definition) is 1. The number of morpholine rings is 1. The molecule has 70 valence electrons. The van der Waals surface area contributed by atoms with Crippen LogP contribution in [0.3, 0.4) is 0 Å². The lowest BCUT2D eigenvalue weighted by atomic mass is 9.94. The predicted molar refractivity (Wildman–Crippen MR) is 48.3 cm³/mol. The van der Waals surface area contributed by atoms with Gasteiger partial charge in [0.2, 0.25) is 0 Å². The Hall–Kier alpha value is -0.120. The Kier molecular flexibility index (Phi) is 2.35. The maximum Gasteiger partial charge on any atom is 0.106 e. The molecule has 3 nitrogen and oxygen atoms in total. The first-order valence-electron chi connectivity index (χ1n) is 4.92. The van der Waals surface area contributed by atoms with Crippen molar-refractivity contribution in [1.29, 1.82) is 0 Å². The summed E-state index contributed by atoms with van der Waals surface area (Å²) < 4.78 is 5.77. The molecule has 0 atom stereocenters. The highest BCUT2D eigenvalue weighted by Gasteiger charge is 2.41. The molecule has 2 fully saturated rings. The van der Waals surface area contributed by atoms with E-state index in [0.717, 1.165) is 32.8 Å². The van der Waals surface area contributed by atoms with Crippen LogP contribution in [0.25, 0.3) is 0 Å². The van der Waals surface area contributed by atoms with Crippen molar-refractivity contribution in [3.05, 3.63) is 0 Å². The monoisotopic (exact) mass is 170 g/mol. The molecule has 0 bridgehead atoms. The minimum absolute atomic E-state index is 0.188.